The van der Waals surface area contributed by atoms with Gasteiger partial charge in [-0.25, -0.2) is 0 Å². The van der Waals surface area contributed by atoms with E-state index in [2.05, 4.69) is 5.32 Å². The third-order valence-electron chi connectivity index (χ3n) is 4.89. The van der Waals surface area contributed by atoms with Crippen molar-refractivity contribution in [3.8, 4) is 5.75 Å². The first kappa shape index (κ1) is 15.9. The van der Waals surface area contributed by atoms with Crippen molar-refractivity contribution < 1.29 is 14.6 Å². The molecule has 1 unspecified atom stereocenters. The molecule has 0 bridgehead atoms. The van der Waals surface area contributed by atoms with E-state index in [1.807, 2.05) is 43.4 Å². The molecule has 0 aliphatic carbocycles. The predicted octanol–water partition coefficient (Wildman–Crippen LogP) is 2.67. The van der Waals surface area contributed by atoms with Crippen molar-refractivity contribution in [2.45, 2.75) is 6.23 Å². The summed E-state index contributed by atoms with van der Waals surface area (Å²) in [5, 5.41) is 17.7. The molecule has 2 N–H and O–H groups in total. The molecule has 0 fully saturated rings. The maximum absolute atomic E-state index is 13.0. The van der Waals surface area contributed by atoms with E-state index in [4.69, 9.17) is 4.74 Å². The van der Waals surface area contributed by atoms with Crippen LogP contribution in [0, 0.1) is 0 Å². The van der Waals surface area contributed by atoms with E-state index in [1.54, 1.807) is 13.2 Å². The summed E-state index contributed by atoms with van der Waals surface area (Å²) in [7, 11) is 3.45. The van der Waals surface area contributed by atoms with E-state index < -0.39 is 6.23 Å². The molecule has 3 aromatic carbocycles. The summed E-state index contributed by atoms with van der Waals surface area (Å²) in [5.41, 5.74) is 1.38. The molecule has 1 atom stereocenters. The largest absolute Gasteiger partial charge is 0.496 e. The number of carbonyl (C=O) groups is 1. The highest BCUT2D eigenvalue weighted by atomic mass is 16.5. The average Bonchev–Trinajstić information content (AvgIpc) is 2.64. The van der Waals surface area contributed by atoms with Crippen molar-refractivity contribution in [3.05, 3.63) is 53.6 Å². The van der Waals surface area contributed by atoms with Crippen LogP contribution in [0.15, 0.2) is 42.5 Å². The zero-order valence-corrected chi connectivity index (χ0v) is 14.2. The molecule has 1 amide bonds. The third kappa shape index (κ3) is 2.27. The molecule has 1 heterocycles. The first-order chi connectivity index (χ1) is 12.2. The topological polar surface area (TPSA) is 61.8 Å². The Morgan fingerprint density at radius 3 is 2.76 bits per heavy atom. The Hall–Kier alpha value is -2.63. The lowest BCUT2D eigenvalue weighted by molar-refractivity contribution is 0.00643. The second-order valence-corrected chi connectivity index (χ2v) is 6.23. The lowest BCUT2D eigenvalue weighted by atomic mass is 9.88. The molecule has 25 heavy (non-hydrogen) atoms. The molecule has 0 aromatic heterocycles. The van der Waals surface area contributed by atoms with Crippen LogP contribution in [0.1, 0.15) is 22.1 Å². The quantitative estimate of drug-likeness (QED) is 0.719. The predicted molar refractivity (Wildman–Crippen MR) is 97.9 cm³/mol. The van der Waals surface area contributed by atoms with Gasteiger partial charge in [-0.15, -0.1) is 0 Å². The standard InChI is InChI=1S/C20H20N2O3/c1-21-9-10-22-19(23)14-7-8-16(25-2)15-11-12-5-3-4-6-13(12)18(17(14)15)20(22)24/h3-8,11,20-21,24H,9-10H2,1-2H3. The van der Waals surface area contributed by atoms with E-state index in [9.17, 15) is 9.90 Å². The van der Waals surface area contributed by atoms with Gasteiger partial charge in [-0.2, -0.15) is 0 Å². The fraction of sp³-hybridized carbons (Fsp3) is 0.250. The molecular formula is C20H20N2O3. The summed E-state index contributed by atoms with van der Waals surface area (Å²) < 4.78 is 5.50. The molecule has 1 aliphatic rings. The summed E-state index contributed by atoms with van der Waals surface area (Å²) in [6.07, 6.45) is -0.978. The summed E-state index contributed by atoms with van der Waals surface area (Å²) in [6, 6.07) is 13.6. The molecule has 0 saturated heterocycles. The van der Waals surface area contributed by atoms with Crippen LogP contribution in [0.25, 0.3) is 21.5 Å². The number of aliphatic hydroxyl groups excluding tert-OH is 1. The molecular weight excluding hydrogens is 316 g/mol. The SMILES string of the molecule is CNCCN1C(=O)c2ccc(OC)c3cc4ccccc4c(c23)C1O. The van der Waals surface area contributed by atoms with Gasteiger partial charge in [0.1, 0.15) is 5.75 Å². The molecule has 5 heteroatoms. The van der Waals surface area contributed by atoms with Gasteiger partial charge < -0.3 is 20.1 Å². The number of likely N-dealkylation sites (N-methyl/N-ethyl adjacent to an activating group) is 1. The lowest BCUT2D eigenvalue weighted by Gasteiger charge is -2.35. The number of nitrogens with zero attached hydrogens (tertiary/aromatic N) is 1. The minimum atomic E-state index is -0.978. The highest BCUT2D eigenvalue weighted by Crippen LogP contribution is 2.43. The highest BCUT2D eigenvalue weighted by molar-refractivity contribution is 6.16. The first-order valence-electron chi connectivity index (χ1n) is 8.33. The Bertz CT molecular complexity index is 983. The lowest BCUT2D eigenvalue weighted by Crippen LogP contribution is -2.41. The minimum absolute atomic E-state index is 0.154. The van der Waals surface area contributed by atoms with Crippen molar-refractivity contribution in [1.82, 2.24) is 10.2 Å². The zero-order valence-electron chi connectivity index (χ0n) is 14.2. The van der Waals surface area contributed by atoms with Crippen LogP contribution < -0.4 is 10.1 Å². The van der Waals surface area contributed by atoms with Gasteiger partial charge >= 0.3 is 0 Å². The Morgan fingerprint density at radius 2 is 2.00 bits per heavy atom. The number of nitrogens with one attached hydrogen (secondary N) is 1. The van der Waals surface area contributed by atoms with E-state index in [0.717, 1.165) is 27.1 Å². The first-order valence-corrected chi connectivity index (χ1v) is 8.33. The molecule has 5 nitrogen and oxygen atoms in total. The second kappa shape index (κ2) is 6.02. The van der Waals surface area contributed by atoms with Gasteiger partial charge in [0.2, 0.25) is 0 Å². The molecule has 0 radical (unpaired) electrons. The number of benzene rings is 3. The molecule has 1 aliphatic heterocycles. The van der Waals surface area contributed by atoms with Gasteiger partial charge in [-0.05, 0) is 36.0 Å². The van der Waals surface area contributed by atoms with Gasteiger partial charge in [-0.3, -0.25) is 4.79 Å². The fourth-order valence-electron chi connectivity index (χ4n) is 3.69. The van der Waals surface area contributed by atoms with Crippen LogP contribution in [-0.2, 0) is 0 Å². The number of hydrogen-bond acceptors (Lipinski definition) is 4. The van der Waals surface area contributed by atoms with Crippen molar-refractivity contribution >= 4 is 27.5 Å². The van der Waals surface area contributed by atoms with E-state index in [1.165, 1.54) is 4.90 Å². The van der Waals surface area contributed by atoms with Crippen LogP contribution in [0.3, 0.4) is 0 Å². The summed E-state index contributed by atoms with van der Waals surface area (Å²) >= 11 is 0. The van der Waals surface area contributed by atoms with Crippen LogP contribution in [0.4, 0.5) is 0 Å². The maximum atomic E-state index is 13.0. The number of amides is 1. The normalized spacial score (nSPS) is 16.7. The van der Waals surface area contributed by atoms with Crippen LogP contribution in [-0.4, -0.2) is 43.2 Å². The van der Waals surface area contributed by atoms with Crippen molar-refractivity contribution in [2.24, 2.45) is 0 Å². The number of hydrogen-bond donors (Lipinski definition) is 2. The Labute approximate surface area is 145 Å². The average molecular weight is 336 g/mol. The monoisotopic (exact) mass is 336 g/mol. The second-order valence-electron chi connectivity index (χ2n) is 6.23. The minimum Gasteiger partial charge on any atom is -0.496 e. The zero-order chi connectivity index (χ0) is 17.6. The number of aliphatic hydroxyl groups is 1. The van der Waals surface area contributed by atoms with Gasteiger partial charge in [0.15, 0.2) is 6.23 Å². The third-order valence-corrected chi connectivity index (χ3v) is 4.89. The van der Waals surface area contributed by atoms with E-state index >= 15 is 0 Å². The smallest absolute Gasteiger partial charge is 0.256 e. The maximum Gasteiger partial charge on any atom is 0.256 e. The van der Waals surface area contributed by atoms with Crippen molar-refractivity contribution in [1.29, 1.82) is 0 Å². The number of methoxy groups -OCH3 is 1. The summed E-state index contributed by atoms with van der Waals surface area (Å²) in [5.74, 6) is 0.549. The van der Waals surface area contributed by atoms with Crippen LogP contribution >= 0.6 is 0 Å². The number of carbonyl (C=O) groups excluding carboxylic acids is 1. The molecule has 0 spiro atoms. The number of ether oxygens (including phenoxy) is 1. The van der Waals surface area contributed by atoms with Gasteiger partial charge in [-0.1, -0.05) is 24.3 Å². The van der Waals surface area contributed by atoms with Crippen LogP contribution in [0.2, 0.25) is 0 Å². The van der Waals surface area contributed by atoms with Crippen molar-refractivity contribution in [3.63, 3.8) is 0 Å². The number of fused-ring (bicyclic) bond motifs is 2. The summed E-state index contributed by atoms with van der Waals surface area (Å²) in [6.45, 7) is 1.05. The molecule has 3 aromatic rings. The van der Waals surface area contributed by atoms with E-state index in [-0.39, 0.29) is 5.91 Å². The number of rotatable bonds is 4. The van der Waals surface area contributed by atoms with Gasteiger partial charge in [0.05, 0.1) is 7.11 Å². The van der Waals surface area contributed by atoms with E-state index in [0.29, 0.717) is 24.4 Å². The van der Waals surface area contributed by atoms with Gasteiger partial charge in [0, 0.05) is 35.0 Å². The van der Waals surface area contributed by atoms with Crippen molar-refractivity contribution in [2.75, 3.05) is 27.2 Å². The Kier molecular flexibility index (Phi) is 3.82. The van der Waals surface area contributed by atoms with Crippen LogP contribution in [0.5, 0.6) is 5.75 Å². The highest BCUT2D eigenvalue weighted by Gasteiger charge is 2.34. The Balaban J connectivity index is 2.09. The molecule has 128 valence electrons. The fourth-order valence-corrected chi connectivity index (χ4v) is 3.69. The summed E-state index contributed by atoms with van der Waals surface area (Å²) in [4.78, 5) is 14.5. The molecule has 0 saturated carbocycles. The van der Waals surface area contributed by atoms with Gasteiger partial charge in [0.25, 0.3) is 5.91 Å². The molecule has 4 rings (SSSR count). The Morgan fingerprint density at radius 1 is 1.20 bits per heavy atom.